The smallest absolute Gasteiger partial charge is 0.300 e. The third-order valence-corrected chi connectivity index (χ3v) is 6.41. The average molecular weight is 536 g/mol. The van der Waals surface area contributed by atoms with Gasteiger partial charge in [0.15, 0.2) is 11.5 Å². The van der Waals surface area contributed by atoms with E-state index in [1.54, 1.807) is 68.4 Å². The number of aromatic hydroxyl groups is 1. The Balaban J connectivity index is 1.88. The molecule has 2 N–H and O–H groups in total. The molecular formula is C30H30ClNO6. The standard InChI is InChI=1S/C30H30ClNO6/c1-5-37-25-15-20(8-13-24(25)33)27-26(28(34)19-6-10-22(11-7-19)38-16-17(2)3)29(35)30(36)32(27)23-12-9-21(31)14-18(23)4/h6-15,17,27,33-34H,5,16H2,1-4H3/b28-26+. The number of carbonyl (C=O) groups excluding carboxylic acids is 2. The van der Waals surface area contributed by atoms with Crippen LogP contribution in [-0.4, -0.2) is 35.1 Å². The van der Waals surface area contributed by atoms with Gasteiger partial charge < -0.3 is 19.7 Å². The third-order valence-electron chi connectivity index (χ3n) is 6.17. The van der Waals surface area contributed by atoms with Gasteiger partial charge in [-0.05, 0) is 85.5 Å². The van der Waals surface area contributed by atoms with Gasteiger partial charge in [-0.2, -0.15) is 0 Å². The van der Waals surface area contributed by atoms with Crippen LogP contribution in [0.2, 0.25) is 5.02 Å². The molecule has 198 valence electrons. The molecule has 3 aromatic rings. The number of aliphatic hydroxyl groups is 1. The van der Waals surface area contributed by atoms with Crippen LogP contribution >= 0.6 is 11.6 Å². The molecule has 0 bridgehead atoms. The topological polar surface area (TPSA) is 96.3 Å². The van der Waals surface area contributed by atoms with Gasteiger partial charge in [0.2, 0.25) is 0 Å². The molecule has 1 amide bonds. The summed E-state index contributed by atoms with van der Waals surface area (Å²) in [6, 6.07) is 15.3. The first kappa shape index (κ1) is 27.1. The molecule has 1 saturated heterocycles. The quantitative estimate of drug-likeness (QED) is 0.196. The monoisotopic (exact) mass is 535 g/mol. The fraction of sp³-hybridized carbons (Fsp3) is 0.267. The van der Waals surface area contributed by atoms with E-state index >= 15 is 0 Å². The second-order valence-corrected chi connectivity index (χ2v) is 9.93. The van der Waals surface area contributed by atoms with E-state index in [9.17, 15) is 19.8 Å². The number of amides is 1. The van der Waals surface area contributed by atoms with Crippen LogP contribution in [0.4, 0.5) is 5.69 Å². The lowest BCUT2D eigenvalue weighted by Crippen LogP contribution is -2.30. The number of hydrogen-bond acceptors (Lipinski definition) is 6. The second kappa shape index (κ2) is 11.2. The Hall–Kier alpha value is -3.97. The molecule has 8 heteroatoms. The molecule has 1 atom stereocenters. The number of phenolic OH excluding ortho intramolecular Hbond substituents is 1. The first-order valence-corrected chi connectivity index (χ1v) is 12.8. The molecule has 0 spiro atoms. The van der Waals surface area contributed by atoms with Crippen LogP contribution in [0.25, 0.3) is 5.76 Å². The summed E-state index contributed by atoms with van der Waals surface area (Å²) in [6.07, 6.45) is 0. The molecule has 38 heavy (non-hydrogen) atoms. The number of carbonyl (C=O) groups is 2. The molecule has 3 aromatic carbocycles. The normalized spacial score (nSPS) is 16.8. The largest absolute Gasteiger partial charge is 0.507 e. The Labute approximate surface area is 226 Å². The van der Waals surface area contributed by atoms with Crippen molar-refractivity contribution in [2.75, 3.05) is 18.1 Å². The van der Waals surface area contributed by atoms with Crippen LogP contribution in [-0.2, 0) is 9.59 Å². The minimum Gasteiger partial charge on any atom is -0.507 e. The van der Waals surface area contributed by atoms with Crippen LogP contribution in [0, 0.1) is 12.8 Å². The number of ketones is 1. The Bertz CT molecular complexity index is 1400. The zero-order valence-electron chi connectivity index (χ0n) is 21.7. The summed E-state index contributed by atoms with van der Waals surface area (Å²) in [5, 5.41) is 22.1. The van der Waals surface area contributed by atoms with Crippen LogP contribution in [0.5, 0.6) is 17.2 Å². The summed E-state index contributed by atoms with van der Waals surface area (Å²) in [5.74, 6) is -0.824. The first-order valence-electron chi connectivity index (χ1n) is 12.4. The summed E-state index contributed by atoms with van der Waals surface area (Å²) in [5.41, 5.74) is 1.93. The number of aliphatic hydroxyl groups excluding tert-OH is 1. The summed E-state index contributed by atoms with van der Waals surface area (Å²) in [4.78, 5) is 28.2. The van der Waals surface area contributed by atoms with Gasteiger partial charge in [0.05, 0.1) is 24.8 Å². The van der Waals surface area contributed by atoms with Crippen molar-refractivity contribution in [1.29, 1.82) is 0 Å². The van der Waals surface area contributed by atoms with Crippen molar-refractivity contribution in [2.24, 2.45) is 5.92 Å². The minimum absolute atomic E-state index is 0.0756. The molecule has 0 aromatic heterocycles. The van der Waals surface area contributed by atoms with Crippen molar-refractivity contribution >= 4 is 34.7 Å². The molecule has 0 saturated carbocycles. The van der Waals surface area contributed by atoms with Crippen molar-refractivity contribution in [3.63, 3.8) is 0 Å². The number of rotatable bonds is 8. The van der Waals surface area contributed by atoms with Gasteiger partial charge in [-0.3, -0.25) is 14.5 Å². The Morgan fingerprint density at radius 2 is 1.74 bits per heavy atom. The van der Waals surface area contributed by atoms with Gasteiger partial charge in [0, 0.05) is 16.3 Å². The van der Waals surface area contributed by atoms with Gasteiger partial charge in [-0.25, -0.2) is 0 Å². The van der Waals surface area contributed by atoms with Crippen molar-refractivity contribution in [3.05, 3.63) is 87.9 Å². The average Bonchev–Trinajstić information content (AvgIpc) is 3.14. The van der Waals surface area contributed by atoms with Crippen molar-refractivity contribution in [1.82, 2.24) is 0 Å². The molecule has 1 aliphatic heterocycles. The van der Waals surface area contributed by atoms with Gasteiger partial charge in [-0.15, -0.1) is 0 Å². The second-order valence-electron chi connectivity index (χ2n) is 9.49. The van der Waals surface area contributed by atoms with Crippen molar-refractivity contribution in [3.8, 4) is 17.2 Å². The van der Waals surface area contributed by atoms with Gasteiger partial charge in [-0.1, -0.05) is 31.5 Å². The summed E-state index contributed by atoms with van der Waals surface area (Å²) < 4.78 is 11.3. The van der Waals surface area contributed by atoms with E-state index in [1.165, 1.54) is 11.0 Å². The number of nitrogens with zero attached hydrogens (tertiary/aromatic N) is 1. The van der Waals surface area contributed by atoms with Gasteiger partial charge in [0.1, 0.15) is 11.5 Å². The van der Waals surface area contributed by atoms with E-state index in [2.05, 4.69) is 0 Å². The maximum absolute atomic E-state index is 13.5. The third kappa shape index (κ3) is 5.34. The molecular weight excluding hydrogens is 506 g/mol. The van der Waals surface area contributed by atoms with E-state index in [0.29, 0.717) is 52.3 Å². The number of ether oxygens (including phenoxy) is 2. The lowest BCUT2D eigenvalue weighted by atomic mass is 9.94. The number of benzene rings is 3. The molecule has 0 aliphatic carbocycles. The van der Waals surface area contributed by atoms with Crippen LogP contribution < -0.4 is 14.4 Å². The van der Waals surface area contributed by atoms with E-state index in [-0.39, 0.29) is 22.8 Å². The maximum atomic E-state index is 13.5. The Morgan fingerprint density at radius 3 is 2.37 bits per heavy atom. The first-order chi connectivity index (χ1) is 18.1. The Morgan fingerprint density at radius 1 is 1.03 bits per heavy atom. The summed E-state index contributed by atoms with van der Waals surface area (Å²) in [6.45, 7) is 8.50. The van der Waals surface area contributed by atoms with Crippen molar-refractivity contribution in [2.45, 2.75) is 33.7 Å². The fourth-order valence-corrected chi connectivity index (χ4v) is 4.61. The Kier molecular flexibility index (Phi) is 7.97. The summed E-state index contributed by atoms with van der Waals surface area (Å²) in [7, 11) is 0. The molecule has 7 nitrogen and oxygen atoms in total. The lowest BCUT2D eigenvalue weighted by Gasteiger charge is -2.27. The zero-order valence-corrected chi connectivity index (χ0v) is 22.5. The molecule has 1 unspecified atom stereocenters. The minimum atomic E-state index is -0.980. The van der Waals surface area contributed by atoms with Crippen molar-refractivity contribution < 1.29 is 29.3 Å². The van der Waals surface area contributed by atoms with E-state index in [0.717, 1.165) is 0 Å². The predicted molar refractivity (Wildman–Crippen MR) is 147 cm³/mol. The highest BCUT2D eigenvalue weighted by atomic mass is 35.5. The molecule has 0 radical (unpaired) electrons. The SMILES string of the molecule is CCOc1cc(C2/C(=C(\O)c3ccc(OCC(C)C)cc3)C(=O)C(=O)N2c2ccc(Cl)cc2C)ccc1O. The van der Waals surface area contributed by atoms with Crippen LogP contribution in [0.15, 0.2) is 66.2 Å². The van der Waals surface area contributed by atoms with E-state index in [4.69, 9.17) is 21.1 Å². The summed E-state index contributed by atoms with van der Waals surface area (Å²) >= 11 is 6.15. The molecule has 1 aliphatic rings. The predicted octanol–water partition coefficient (Wildman–Crippen LogP) is 6.41. The maximum Gasteiger partial charge on any atom is 0.300 e. The van der Waals surface area contributed by atoms with E-state index in [1.807, 2.05) is 13.8 Å². The molecule has 1 heterocycles. The van der Waals surface area contributed by atoms with Crippen LogP contribution in [0.3, 0.4) is 0 Å². The zero-order chi connectivity index (χ0) is 27.6. The van der Waals surface area contributed by atoms with Gasteiger partial charge >= 0.3 is 0 Å². The highest BCUT2D eigenvalue weighted by Crippen LogP contribution is 2.45. The number of halogens is 1. The molecule has 1 fully saturated rings. The van der Waals surface area contributed by atoms with Gasteiger partial charge in [0.25, 0.3) is 11.7 Å². The lowest BCUT2D eigenvalue weighted by molar-refractivity contribution is -0.132. The molecule has 4 rings (SSSR count). The number of aryl methyl sites for hydroxylation is 1. The highest BCUT2D eigenvalue weighted by Gasteiger charge is 2.47. The van der Waals surface area contributed by atoms with Crippen LogP contribution in [0.1, 0.15) is 43.5 Å². The highest BCUT2D eigenvalue weighted by molar-refractivity contribution is 6.51. The number of phenols is 1. The fourth-order valence-electron chi connectivity index (χ4n) is 4.38. The number of hydrogen-bond donors (Lipinski definition) is 2. The number of anilines is 1. The number of Topliss-reactive ketones (excluding diaryl/α,β-unsaturated/α-hetero) is 1. The van der Waals surface area contributed by atoms with E-state index < -0.39 is 17.7 Å².